The molecule has 1 aromatic carbocycles. The molecule has 126 valence electrons. The highest BCUT2D eigenvalue weighted by Gasteiger charge is 2.11. The molecule has 0 aliphatic carbocycles. The van der Waals surface area contributed by atoms with Gasteiger partial charge in [-0.15, -0.1) is 0 Å². The lowest BCUT2D eigenvalue weighted by Crippen LogP contribution is -2.30. The first-order valence-corrected chi connectivity index (χ1v) is 8.50. The Morgan fingerprint density at radius 2 is 2.09 bits per heavy atom. The van der Waals surface area contributed by atoms with Gasteiger partial charge in [0.25, 0.3) is 0 Å². The number of fused-ring (bicyclic) bond motifs is 1. The number of aromatic nitrogens is 1. The first-order valence-electron chi connectivity index (χ1n) is 8.50. The SMILES string of the molecule is CCCCC(CC)CNC(=O)CCn1c(=O)oc2ccccc21. The van der Waals surface area contributed by atoms with Gasteiger partial charge in [-0.1, -0.05) is 45.2 Å². The maximum atomic E-state index is 12.0. The number of carbonyl (C=O) groups is 1. The van der Waals surface area contributed by atoms with Crippen molar-refractivity contribution in [2.75, 3.05) is 6.54 Å². The van der Waals surface area contributed by atoms with Crippen molar-refractivity contribution in [1.29, 1.82) is 0 Å². The Kier molecular flexibility index (Phi) is 6.44. The van der Waals surface area contributed by atoms with E-state index < -0.39 is 5.76 Å². The van der Waals surface area contributed by atoms with Gasteiger partial charge in [0.15, 0.2) is 5.58 Å². The summed E-state index contributed by atoms with van der Waals surface area (Å²) in [6, 6.07) is 7.26. The number of amides is 1. The van der Waals surface area contributed by atoms with E-state index in [-0.39, 0.29) is 12.3 Å². The first kappa shape index (κ1) is 17.3. The van der Waals surface area contributed by atoms with Crippen molar-refractivity contribution in [2.24, 2.45) is 5.92 Å². The molecule has 1 amide bonds. The van der Waals surface area contributed by atoms with Crippen LogP contribution in [-0.2, 0) is 11.3 Å². The zero-order valence-electron chi connectivity index (χ0n) is 14.0. The molecule has 0 bridgehead atoms. The quantitative estimate of drug-likeness (QED) is 0.771. The van der Waals surface area contributed by atoms with Crippen molar-refractivity contribution >= 4 is 17.0 Å². The standard InChI is InChI=1S/C18H26N2O3/c1-3-5-8-14(4-2)13-19-17(21)11-12-20-15-9-6-7-10-16(15)23-18(20)22/h6-7,9-10,14H,3-5,8,11-13H2,1-2H3,(H,19,21). The Balaban J connectivity index is 1.86. The lowest BCUT2D eigenvalue weighted by atomic mass is 9.99. The summed E-state index contributed by atoms with van der Waals surface area (Å²) in [5.41, 5.74) is 1.29. The van der Waals surface area contributed by atoms with E-state index in [0.717, 1.165) is 24.9 Å². The van der Waals surface area contributed by atoms with Gasteiger partial charge in [-0.05, 0) is 24.5 Å². The molecule has 0 fully saturated rings. The number of hydrogen-bond acceptors (Lipinski definition) is 3. The predicted octanol–water partition coefficient (Wildman–Crippen LogP) is 3.32. The maximum absolute atomic E-state index is 12.0. The molecule has 0 saturated heterocycles. The first-order chi connectivity index (χ1) is 11.2. The van der Waals surface area contributed by atoms with E-state index in [4.69, 9.17) is 4.42 Å². The van der Waals surface area contributed by atoms with Gasteiger partial charge >= 0.3 is 5.76 Å². The Bertz CT molecular complexity index is 687. The highest BCUT2D eigenvalue weighted by Crippen LogP contribution is 2.13. The second-order valence-corrected chi connectivity index (χ2v) is 5.96. The average Bonchev–Trinajstić information content (AvgIpc) is 2.88. The van der Waals surface area contributed by atoms with E-state index in [1.165, 1.54) is 17.4 Å². The van der Waals surface area contributed by atoms with E-state index in [9.17, 15) is 9.59 Å². The van der Waals surface area contributed by atoms with Gasteiger partial charge in [-0.25, -0.2) is 4.79 Å². The van der Waals surface area contributed by atoms with Gasteiger partial charge in [0.1, 0.15) is 0 Å². The van der Waals surface area contributed by atoms with Gasteiger partial charge in [0, 0.05) is 19.5 Å². The molecule has 0 saturated carbocycles. The minimum Gasteiger partial charge on any atom is -0.408 e. The molecule has 0 aliphatic heterocycles. The number of carbonyl (C=O) groups excluding carboxylic acids is 1. The summed E-state index contributed by atoms with van der Waals surface area (Å²) in [6.07, 6.45) is 4.89. The Hall–Kier alpha value is -2.04. The number of unbranched alkanes of at least 4 members (excludes halogenated alkanes) is 1. The van der Waals surface area contributed by atoms with Crippen molar-refractivity contribution in [1.82, 2.24) is 9.88 Å². The van der Waals surface area contributed by atoms with Crippen molar-refractivity contribution in [3.8, 4) is 0 Å². The largest absolute Gasteiger partial charge is 0.419 e. The van der Waals surface area contributed by atoms with Crippen LogP contribution in [0.25, 0.3) is 11.1 Å². The number of hydrogen-bond donors (Lipinski definition) is 1. The Morgan fingerprint density at radius 1 is 1.30 bits per heavy atom. The number of aryl methyl sites for hydroxylation is 1. The van der Waals surface area contributed by atoms with Crippen LogP contribution in [0.15, 0.2) is 33.5 Å². The van der Waals surface area contributed by atoms with Crippen LogP contribution in [0.4, 0.5) is 0 Å². The monoisotopic (exact) mass is 318 g/mol. The van der Waals surface area contributed by atoms with Gasteiger partial charge in [0.05, 0.1) is 5.52 Å². The molecule has 1 N–H and O–H groups in total. The molecule has 5 nitrogen and oxygen atoms in total. The summed E-state index contributed by atoms with van der Waals surface area (Å²) in [4.78, 5) is 23.9. The second-order valence-electron chi connectivity index (χ2n) is 5.96. The molecule has 5 heteroatoms. The summed E-state index contributed by atoms with van der Waals surface area (Å²) in [5.74, 6) is 0.113. The van der Waals surface area contributed by atoms with Crippen LogP contribution in [0, 0.1) is 5.92 Å². The van der Waals surface area contributed by atoms with E-state index in [2.05, 4.69) is 19.2 Å². The molecule has 2 rings (SSSR count). The van der Waals surface area contributed by atoms with Crippen molar-refractivity contribution in [2.45, 2.75) is 52.5 Å². The molecule has 2 aromatic rings. The Morgan fingerprint density at radius 3 is 2.83 bits per heavy atom. The summed E-state index contributed by atoms with van der Waals surface area (Å²) in [6.45, 7) is 5.39. The predicted molar refractivity (Wildman–Crippen MR) is 91.4 cm³/mol. The molecular formula is C18H26N2O3. The van der Waals surface area contributed by atoms with Gasteiger partial charge in [-0.3, -0.25) is 9.36 Å². The van der Waals surface area contributed by atoms with E-state index >= 15 is 0 Å². The molecular weight excluding hydrogens is 292 g/mol. The Labute approximate surface area is 136 Å². The van der Waals surface area contributed by atoms with Crippen LogP contribution in [-0.4, -0.2) is 17.0 Å². The molecule has 23 heavy (non-hydrogen) atoms. The van der Waals surface area contributed by atoms with Gasteiger partial charge in [-0.2, -0.15) is 0 Å². The fourth-order valence-corrected chi connectivity index (χ4v) is 2.73. The molecule has 0 aliphatic rings. The third kappa shape index (κ3) is 4.71. The van der Waals surface area contributed by atoms with E-state index in [1.807, 2.05) is 18.2 Å². The molecule has 1 heterocycles. The van der Waals surface area contributed by atoms with Crippen molar-refractivity contribution < 1.29 is 9.21 Å². The topological polar surface area (TPSA) is 64.2 Å². The van der Waals surface area contributed by atoms with Gasteiger partial charge in [0.2, 0.25) is 5.91 Å². The van der Waals surface area contributed by atoms with Crippen LogP contribution in [0.1, 0.15) is 46.0 Å². The zero-order chi connectivity index (χ0) is 16.7. The number of rotatable bonds is 9. The fourth-order valence-electron chi connectivity index (χ4n) is 2.73. The van der Waals surface area contributed by atoms with Gasteiger partial charge < -0.3 is 9.73 Å². The molecule has 1 unspecified atom stereocenters. The molecule has 0 spiro atoms. The highest BCUT2D eigenvalue weighted by atomic mass is 16.4. The summed E-state index contributed by atoms with van der Waals surface area (Å²) < 4.78 is 6.68. The molecule has 1 aromatic heterocycles. The van der Waals surface area contributed by atoms with E-state index in [1.54, 1.807) is 6.07 Å². The number of benzene rings is 1. The van der Waals surface area contributed by atoms with Crippen molar-refractivity contribution in [3.63, 3.8) is 0 Å². The number of nitrogens with one attached hydrogen (secondary N) is 1. The van der Waals surface area contributed by atoms with Crippen molar-refractivity contribution in [3.05, 3.63) is 34.8 Å². The van der Waals surface area contributed by atoms with Crippen LogP contribution in [0.2, 0.25) is 0 Å². The summed E-state index contributed by atoms with van der Waals surface area (Å²) >= 11 is 0. The molecule has 0 radical (unpaired) electrons. The number of para-hydroxylation sites is 2. The third-order valence-corrected chi connectivity index (χ3v) is 4.27. The van der Waals surface area contributed by atoms with Crippen LogP contribution >= 0.6 is 0 Å². The number of oxazole rings is 1. The zero-order valence-corrected chi connectivity index (χ0v) is 14.0. The minimum absolute atomic E-state index is 0.0165. The maximum Gasteiger partial charge on any atom is 0.419 e. The van der Waals surface area contributed by atoms with Crippen LogP contribution < -0.4 is 11.1 Å². The minimum atomic E-state index is -0.409. The third-order valence-electron chi connectivity index (χ3n) is 4.27. The summed E-state index contributed by atoms with van der Waals surface area (Å²) in [5, 5.41) is 2.99. The number of nitrogens with zero attached hydrogens (tertiary/aromatic N) is 1. The molecule has 1 atom stereocenters. The second kappa shape index (κ2) is 8.56. The average molecular weight is 318 g/mol. The van der Waals surface area contributed by atoms with Crippen LogP contribution in [0.5, 0.6) is 0 Å². The van der Waals surface area contributed by atoms with E-state index in [0.29, 0.717) is 18.0 Å². The van der Waals surface area contributed by atoms with Crippen LogP contribution in [0.3, 0.4) is 0 Å². The smallest absolute Gasteiger partial charge is 0.408 e. The lowest BCUT2D eigenvalue weighted by Gasteiger charge is -2.15. The summed E-state index contributed by atoms with van der Waals surface area (Å²) in [7, 11) is 0. The fraction of sp³-hybridized carbons (Fsp3) is 0.556. The highest BCUT2D eigenvalue weighted by molar-refractivity contribution is 5.76. The lowest BCUT2D eigenvalue weighted by molar-refractivity contribution is -0.121. The normalized spacial score (nSPS) is 12.4.